The van der Waals surface area contributed by atoms with Crippen LogP contribution in [0.25, 0.3) is 0 Å². The Kier molecular flexibility index (Phi) is 6.61. The van der Waals surface area contributed by atoms with E-state index in [1.54, 1.807) is 37.1 Å². The molecule has 0 atom stereocenters. The molecule has 0 aliphatic carbocycles. The molecule has 0 saturated carbocycles. The van der Waals surface area contributed by atoms with Gasteiger partial charge in [0.1, 0.15) is 17.9 Å². The number of carbonyl (C=O) groups is 1. The van der Waals surface area contributed by atoms with Crippen LogP contribution in [0.4, 0.5) is 4.39 Å². The maximum atomic E-state index is 13.5. The predicted molar refractivity (Wildman–Crippen MR) is 109 cm³/mol. The summed E-state index contributed by atoms with van der Waals surface area (Å²) in [7, 11) is 1.88. The number of hydrazone groups is 1. The fourth-order valence-corrected chi connectivity index (χ4v) is 3.40. The number of rotatable bonds is 7. The Morgan fingerprint density at radius 3 is 2.69 bits per heavy atom. The summed E-state index contributed by atoms with van der Waals surface area (Å²) in [5, 5.41) is 22.6. The van der Waals surface area contributed by atoms with E-state index in [4.69, 9.17) is 0 Å². The molecule has 3 aromatic rings. The molecule has 0 fully saturated rings. The standard InChI is InChI=1S/C20H20FN5O2S/c1-3-17(16-10-15(21)8-9-18(16)27)23-24-19(28)14-6-4-13(5-7-14)11-29-20-25-22-12-26(20)2/h4-10,12,27H,3,11H2,1-2H3,(H,24,28)/b23-17+. The van der Waals surface area contributed by atoms with Crippen LogP contribution in [0.15, 0.2) is 59.0 Å². The number of carbonyl (C=O) groups excluding carboxylic acids is 1. The lowest BCUT2D eigenvalue weighted by Gasteiger charge is -2.08. The van der Waals surface area contributed by atoms with Gasteiger partial charge >= 0.3 is 0 Å². The van der Waals surface area contributed by atoms with Crippen molar-refractivity contribution in [2.75, 3.05) is 0 Å². The third kappa shape index (κ3) is 5.20. The van der Waals surface area contributed by atoms with E-state index in [1.165, 1.54) is 12.1 Å². The first-order valence-corrected chi connectivity index (χ1v) is 9.88. The van der Waals surface area contributed by atoms with Gasteiger partial charge in [-0.2, -0.15) is 5.10 Å². The average molecular weight is 413 g/mol. The van der Waals surface area contributed by atoms with Crippen molar-refractivity contribution in [1.29, 1.82) is 0 Å². The number of aromatic nitrogens is 3. The predicted octanol–water partition coefficient (Wildman–Crippen LogP) is 3.50. The number of nitrogens with one attached hydrogen (secondary N) is 1. The summed E-state index contributed by atoms with van der Waals surface area (Å²) < 4.78 is 15.3. The van der Waals surface area contributed by atoms with Gasteiger partial charge < -0.3 is 9.67 Å². The number of aryl methyl sites for hydroxylation is 1. The Morgan fingerprint density at radius 1 is 1.28 bits per heavy atom. The number of amides is 1. The van der Waals surface area contributed by atoms with Crippen molar-refractivity contribution in [1.82, 2.24) is 20.2 Å². The highest BCUT2D eigenvalue weighted by Gasteiger charge is 2.11. The minimum atomic E-state index is -0.486. The first kappa shape index (κ1) is 20.5. The highest BCUT2D eigenvalue weighted by molar-refractivity contribution is 7.98. The molecule has 9 heteroatoms. The van der Waals surface area contributed by atoms with Gasteiger partial charge in [0.15, 0.2) is 5.16 Å². The maximum Gasteiger partial charge on any atom is 0.271 e. The van der Waals surface area contributed by atoms with E-state index >= 15 is 0 Å². The second kappa shape index (κ2) is 9.33. The fourth-order valence-electron chi connectivity index (χ4n) is 2.56. The molecule has 0 spiro atoms. The van der Waals surface area contributed by atoms with Gasteiger partial charge in [0, 0.05) is 23.9 Å². The molecule has 0 aliphatic heterocycles. The molecule has 2 aromatic carbocycles. The van der Waals surface area contributed by atoms with Crippen molar-refractivity contribution < 1.29 is 14.3 Å². The quantitative estimate of drug-likeness (QED) is 0.351. The smallest absolute Gasteiger partial charge is 0.271 e. The Bertz CT molecular complexity index is 1030. The zero-order valence-electron chi connectivity index (χ0n) is 16.0. The molecule has 150 valence electrons. The van der Waals surface area contributed by atoms with E-state index in [1.807, 2.05) is 23.7 Å². The van der Waals surface area contributed by atoms with Gasteiger partial charge in [-0.05, 0) is 42.3 Å². The van der Waals surface area contributed by atoms with Crippen LogP contribution in [0.1, 0.15) is 34.8 Å². The van der Waals surface area contributed by atoms with Crippen LogP contribution in [0.2, 0.25) is 0 Å². The summed E-state index contributed by atoms with van der Waals surface area (Å²) >= 11 is 1.55. The summed E-state index contributed by atoms with van der Waals surface area (Å²) in [6.45, 7) is 1.80. The van der Waals surface area contributed by atoms with Crippen molar-refractivity contribution >= 4 is 23.4 Å². The van der Waals surface area contributed by atoms with Crippen LogP contribution in [-0.2, 0) is 12.8 Å². The van der Waals surface area contributed by atoms with Gasteiger partial charge in [-0.1, -0.05) is 30.8 Å². The van der Waals surface area contributed by atoms with Crippen LogP contribution in [0.5, 0.6) is 5.75 Å². The molecule has 1 aromatic heterocycles. The van der Waals surface area contributed by atoms with Crippen LogP contribution >= 0.6 is 11.8 Å². The van der Waals surface area contributed by atoms with Crippen LogP contribution in [0.3, 0.4) is 0 Å². The minimum Gasteiger partial charge on any atom is -0.507 e. The van der Waals surface area contributed by atoms with Crippen LogP contribution < -0.4 is 5.43 Å². The SMILES string of the molecule is CC/C(=N\NC(=O)c1ccc(CSc2nncn2C)cc1)c1cc(F)ccc1O. The largest absolute Gasteiger partial charge is 0.507 e. The van der Waals surface area contributed by atoms with Crippen molar-refractivity contribution in [2.45, 2.75) is 24.3 Å². The minimum absolute atomic E-state index is 0.0917. The highest BCUT2D eigenvalue weighted by Crippen LogP contribution is 2.21. The molecule has 7 nitrogen and oxygen atoms in total. The van der Waals surface area contributed by atoms with E-state index in [9.17, 15) is 14.3 Å². The van der Waals surface area contributed by atoms with Gasteiger partial charge in [-0.15, -0.1) is 10.2 Å². The Morgan fingerprint density at radius 2 is 2.03 bits per heavy atom. The molecular formula is C20H20FN5O2S. The van der Waals surface area contributed by atoms with E-state index in [-0.39, 0.29) is 17.2 Å². The van der Waals surface area contributed by atoms with Gasteiger partial charge in [-0.3, -0.25) is 4.79 Å². The van der Waals surface area contributed by atoms with Gasteiger partial charge in [-0.25, -0.2) is 9.82 Å². The van der Waals surface area contributed by atoms with E-state index in [0.717, 1.165) is 16.8 Å². The lowest BCUT2D eigenvalue weighted by atomic mass is 10.1. The number of thioether (sulfide) groups is 1. The van der Waals surface area contributed by atoms with Crippen molar-refractivity contribution in [2.24, 2.45) is 12.1 Å². The molecule has 3 rings (SSSR count). The van der Waals surface area contributed by atoms with E-state index < -0.39 is 5.82 Å². The summed E-state index contributed by atoms with van der Waals surface area (Å²) in [6, 6.07) is 10.8. The van der Waals surface area contributed by atoms with Gasteiger partial charge in [0.05, 0.1) is 5.71 Å². The lowest BCUT2D eigenvalue weighted by molar-refractivity contribution is 0.0954. The number of nitrogens with zero attached hydrogens (tertiary/aromatic N) is 4. The van der Waals surface area contributed by atoms with Gasteiger partial charge in [0.25, 0.3) is 5.91 Å². The molecule has 29 heavy (non-hydrogen) atoms. The highest BCUT2D eigenvalue weighted by atomic mass is 32.2. The Balaban J connectivity index is 1.64. The molecule has 0 aliphatic rings. The average Bonchev–Trinajstić information content (AvgIpc) is 3.14. The molecule has 0 unspecified atom stereocenters. The lowest BCUT2D eigenvalue weighted by Crippen LogP contribution is -2.20. The number of benzene rings is 2. The normalized spacial score (nSPS) is 11.5. The first-order chi connectivity index (χ1) is 14.0. The first-order valence-electron chi connectivity index (χ1n) is 8.89. The molecule has 1 amide bonds. The van der Waals surface area contributed by atoms with E-state index in [0.29, 0.717) is 23.4 Å². The number of phenols is 1. The third-order valence-electron chi connectivity index (χ3n) is 4.15. The van der Waals surface area contributed by atoms with Crippen molar-refractivity contribution in [3.8, 4) is 5.75 Å². The third-order valence-corrected chi connectivity index (χ3v) is 5.26. The molecule has 0 radical (unpaired) electrons. The number of aromatic hydroxyl groups is 1. The monoisotopic (exact) mass is 413 g/mol. The zero-order chi connectivity index (χ0) is 20.8. The molecule has 1 heterocycles. The topological polar surface area (TPSA) is 92.4 Å². The van der Waals surface area contributed by atoms with Crippen molar-refractivity contribution in [3.63, 3.8) is 0 Å². The van der Waals surface area contributed by atoms with Gasteiger partial charge in [0.2, 0.25) is 0 Å². The molecule has 0 saturated heterocycles. The summed E-state index contributed by atoms with van der Waals surface area (Å²) in [5.41, 5.74) is 4.58. The van der Waals surface area contributed by atoms with E-state index in [2.05, 4.69) is 20.7 Å². The summed E-state index contributed by atoms with van der Waals surface area (Å²) in [4.78, 5) is 12.4. The fraction of sp³-hybridized carbons (Fsp3) is 0.200. The summed E-state index contributed by atoms with van der Waals surface area (Å²) in [6.07, 6.45) is 2.06. The second-order valence-corrected chi connectivity index (χ2v) is 7.17. The Hall–Kier alpha value is -3.20. The maximum absolute atomic E-state index is 13.5. The number of hydrogen-bond donors (Lipinski definition) is 2. The number of halogens is 1. The Labute approximate surface area is 171 Å². The van der Waals surface area contributed by atoms with Crippen LogP contribution in [0, 0.1) is 5.82 Å². The molecule has 2 N–H and O–H groups in total. The molecule has 0 bridgehead atoms. The second-order valence-electron chi connectivity index (χ2n) is 6.22. The van der Waals surface area contributed by atoms with Crippen LogP contribution in [-0.4, -0.2) is 31.5 Å². The zero-order valence-corrected chi connectivity index (χ0v) is 16.8. The molecular weight excluding hydrogens is 393 g/mol. The summed E-state index contributed by atoms with van der Waals surface area (Å²) in [5.74, 6) is -0.267. The number of phenolic OH excluding ortho intramolecular Hbond substituents is 1. The number of hydrogen-bond acceptors (Lipinski definition) is 6. The van der Waals surface area contributed by atoms with Crippen molar-refractivity contribution in [3.05, 3.63) is 71.3 Å².